The van der Waals surface area contributed by atoms with Gasteiger partial charge in [-0.25, -0.2) is 0 Å². The highest BCUT2D eigenvalue weighted by atomic mass is 19.4. The average molecular weight is 286 g/mol. The molecule has 1 aliphatic heterocycles. The predicted octanol–water partition coefficient (Wildman–Crippen LogP) is 1.69. The van der Waals surface area contributed by atoms with Gasteiger partial charge in [-0.05, 0) is 44.2 Å². The summed E-state index contributed by atoms with van der Waals surface area (Å²) in [7, 11) is 0. The van der Waals surface area contributed by atoms with Crippen LogP contribution in [0.5, 0.6) is 0 Å². The first-order chi connectivity index (χ1) is 8.72. The van der Waals surface area contributed by atoms with E-state index in [9.17, 15) is 26.7 Å². The lowest BCUT2D eigenvalue weighted by molar-refractivity contribution is -0.270. The number of hydrogen-bond donors (Lipinski definition) is 2. The summed E-state index contributed by atoms with van der Waals surface area (Å²) in [5.41, 5.74) is 0. The number of hydrogen-bond acceptors (Lipinski definition) is 2. The molecule has 19 heavy (non-hydrogen) atoms. The number of carbonyl (C=O) groups is 1. The molecule has 0 aromatic rings. The Morgan fingerprint density at radius 2 is 1.68 bits per heavy atom. The number of halogens is 5. The average Bonchev–Trinajstić information content (AvgIpc) is 2.74. The zero-order chi connectivity index (χ0) is 14.3. The molecule has 1 heterocycles. The van der Waals surface area contributed by atoms with Gasteiger partial charge >= 0.3 is 18.0 Å². The molecule has 2 fully saturated rings. The third-order valence-electron chi connectivity index (χ3n) is 3.93. The van der Waals surface area contributed by atoms with E-state index >= 15 is 0 Å². The van der Waals surface area contributed by atoms with E-state index in [2.05, 4.69) is 5.32 Å². The van der Waals surface area contributed by atoms with Gasteiger partial charge < -0.3 is 10.6 Å². The molecular weight excluding hydrogens is 271 g/mol. The summed E-state index contributed by atoms with van der Waals surface area (Å²) in [4.78, 5) is 11.1. The minimum atomic E-state index is -5.84. The van der Waals surface area contributed by atoms with Crippen molar-refractivity contribution >= 4 is 5.91 Å². The van der Waals surface area contributed by atoms with Crippen molar-refractivity contribution < 1.29 is 26.7 Å². The van der Waals surface area contributed by atoms with Crippen LogP contribution in [-0.2, 0) is 4.79 Å². The van der Waals surface area contributed by atoms with Crippen molar-refractivity contribution in [3.63, 3.8) is 0 Å². The van der Waals surface area contributed by atoms with Gasteiger partial charge in [0.25, 0.3) is 0 Å². The maximum Gasteiger partial charge on any atom is 0.463 e. The first-order valence-corrected chi connectivity index (χ1v) is 6.18. The fourth-order valence-electron chi connectivity index (χ4n) is 2.84. The van der Waals surface area contributed by atoms with Crippen LogP contribution in [0.2, 0.25) is 0 Å². The van der Waals surface area contributed by atoms with Crippen LogP contribution in [0.25, 0.3) is 0 Å². The number of fused-ring (bicyclic) bond motifs is 1. The van der Waals surface area contributed by atoms with Gasteiger partial charge in [0.05, 0.1) is 0 Å². The standard InChI is InChI=1S/C11H15F5N2O/c12-10(13,11(14,15)16)9(19)18-8-2-1-6-4-17-5-7(6)3-8/h6-8,17H,1-5H2,(H,18,19)/t6-,7+,8?/m0/s1. The molecule has 1 amide bonds. The van der Waals surface area contributed by atoms with Crippen LogP contribution >= 0.6 is 0 Å². The molecule has 0 aromatic carbocycles. The summed E-state index contributed by atoms with van der Waals surface area (Å²) >= 11 is 0. The molecule has 2 N–H and O–H groups in total. The van der Waals surface area contributed by atoms with Crippen LogP contribution in [0.4, 0.5) is 22.0 Å². The number of carbonyl (C=O) groups excluding carboxylic acids is 1. The number of rotatable bonds is 2. The van der Waals surface area contributed by atoms with E-state index in [0.29, 0.717) is 18.8 Å². The van der Waals surface area contributed by atoms with Crippen LogP contribution < -0.4 is 10.6 Å². The second kappa shape index (κ2) is 4.88. The first kappa shape index (κ1) is 14.5. The fraction of sp³-hybridized carbons (Fsp3) is 0.909. The Balaban J connectivity index is 1.93. The fourth-order valence-corrected chi connectivity index (χ4v) is 2.84. The maximum atomic E-state index is 12.8. The Hall–Kier alpha value is -0.920. The Bertz CT molecular complexity index is 357. The highest BCUT2D eigenvalue weighted by Gasteiger charge is 2.63. The zero-order valence-electron chi connectivity index (χ0n) is 10.1. The molecule has 2 rings (SSSR count). The van der Waals surface area contributed by atoms with Gasteiger partial charge in [0.1, 0.15) is 0 Å². The van der Waals surface area contributed by atoms with Crippen molar-refractivity contribution in [2.45, 2.75) is 37.4 Å². The van der Waals surface area contributed by atoms with Crippen molar-refractivity contribution in [2.24, 2.45) is 11.8 Å². The monoisotopic (exact) mass is 286 g/mol. The van der Waals surface area contributed by atoms with E-state index < -0.39 is 24.0 Å². The lowest BCUT2D eigenvalue weighted by Crippen LogP contribution is -2.54. The molecule has 0 bridgehead atoms. The second-order valence-electron chi connectivity index (χ2n) is 5.23. The lowest BCUT2D eigenvalue weighted by Gasteiger charge is -2.32. The maximum absolute atomic E-state index is 12.8. The first-order valence-electron chi connectivity index (χ1n) is 6.18. The molecule has 1 saturated heterocycles. The Kier molecular flexibility index (Phi) is 3.72. The topological polar surface area (TPSA) is 41.1 Å². The van der Waals surface area contributed by atoms with E-state index in [-0.39, 0.29) is 5.92 Å². The second-order valence-corrected chi connectivity index (χ2v) is 5.23. The minimum absolute atomic E-state index is 0.249. The van der Waals surface area contributed by atoms with Crippen molar-refractivity contribution in [2.75, 3.05) is 13.1 Å². The van der Waals surface area contributed by atoms with Gasteiger partial charge in [-0.15, -0.1) is 0 Å². The molecule has 1 unspecified atom stereocenters. The smallest absolute Gasteiger partial charge is 0.348 e. The summed E-state index contributed by atoms with van der Waals surface area (Å²) in [6.45, 7) is 1.58. The molecule has 1 aliphatic carbocycles. The molecule has 0 aromatic heterocycles. The summed E-state index contributed by atoms with van der Waals surface area (Å²) in [6.07, 6.45) is -4.21. The van der Waals surface area contributed by atoms with Crippen LogP contribution in [0.1, 0.15) is 19.3 Å². The lowest BCUT2D eigenvalue weighted by atomic mass is 9.79. The Morgan fingerprint density at radius 3 is 2.32 bits per heavy atom. The van der Waals surface area contributed by atoms with Gasteiger partial charge in [0, 0.05) is 6.04 Å². The SMILES string of the molecule is O=C(NC1CC[C@H]2CNC[C@H]2C1)C(F)(F)C(F)(F)F. The van der Waals surface area contributed by atoms with Gasteiger partial charge in [-0.3, -0.25) is 4.79 Å². The van der Waals surface area contributed by atoms with E-state index in [1.54, 1.807) is 0 Å². The summed E-state index contributed by atoms with van der Waals surface area (Å²) in [5, 5.41) is 4.99. The summed E-state index contributed by atoms with van der Waals surface area (Å²) < 4.78 is 61.7. The zero-order valence-corrected chi connectivity index (χ0v) is 10.1. The quantitative estimate of drug-likeness (QED) is 0.758. The normalized spacial score (nSPS) is 31.9. The molecular formula is C11H15F5N2O. The van der Waals surface area contributed by atoms with Crippen LogP contribution in [0.3, 0.4) is 0 Å². The minimum Gasteiger partial charge on any atom is -0.348 e. The summed E-state index contributed by atoms with van der Waals surface area (Å²) in [5.74, 6) is -6.87. The molecule has 3 nitrogen and oxygen atoms in total. The third kappa shape index (κ3) is 2.82. The van der Waals surface area contributed by atoms with Crippen LogP contribution in [-0.4, -0.2) is 37.1 Å². The van der Waals surface area contributed by atoms with E-state index in [1.165, 1.54) is 0 Å². The number of alkyl halides is 5. The molecule has 1 saturated carbocycles. The molecule has 2 aliphatic rings. The summed E-state index contributed by atoms with van der Waals surface area (Å²) in [6, 6.07) is -0.595. The molecule has 110 valence electrons. The number of amides is 1. The number of nitrogens with one attached hydrogen (secondary N) is 2. The predicted molar refractivity (Wildman–Crippen MR) is 56.6 cm³/mol. The van der Waals surface area contributed by atoms with Gasteiger partial charge in [0.15, 0.2) is 0 Å². The largest absolute Gasteiger partial charge is 0.463 e. The Morgan fingerprint density at radius 1 is 1.05 bits per heavy atom. The van der Waals surface area contributed by atoms with Crippen molar-refractivity contribution in [3.05, 3.63) is 0 Å². The van der Waals surface area contributed by atoms with Gasteiger partial charge in [0.2, 0.25) is 0 Å². The van der Waals surface area contributed by atoms with E-state index in [1.807, 2.05) is 5.32 Å². The third-order valence-corrected chi connectivity index (χ3v) is 3.93. The highest BCUT2D eigenvalue weighted by molar-refractivity contribution is 5.84. The van der Waals surface area contributed by atoms with Crippen molar-refractivity contribution in [1.29, 1.82) is 0 Å². The Labute approximate surface area is 106 Å². The molecule has 0 spiro atoms. The molecule has 0 radical (unpaired) electrons. The molecule has 8 heteroatoms. The molecule has 3 atom stereocenters. The van der Waals surface area contributed by atoms with E-state index in [4.69, 9.17) is 0 Å². The van der Waals surface area contributed by atoms with Crippen molar-refractivity contribution in [3.8, 4) is 0 Å². The van der Waals surface area contributed by atoms with Crippen LogP contribution in [0, 0.1) is 11.8 Å². The van der Waals surface area contributed by atoms with Crippen LogP contribution in [0.15, 0.2) is 0 Å². The highest BCUT2D eigenvalue weighted by Crippen LogP contribution is 2.37. The van der Waals surface area contributed by atoms with Crippen molar-refractivity contribution in [1.82, 2.24) is 10.6 Å². The van der Waals surface area contributed by atoms with Gasteiger partial charge in [-0.2, -0.15) is 22.0 Å². The van der Waals surface area contributed by atoms with E-state index in [0.717, 1.165) is 19.5 Å². The van der Waals surface area contributed by atoms with Gasteiger partial charge in [-0.1, -0.05) is 0 Å².